The van der Waals surface area contributed by atoms with Crippen LogP contribution in [0, 0.1) is 0 Å². The van der Waals surface area contributed by atoms with Gasteiger partial charge in [-0.2, -0.15) is 13.2 Å². The van der Waals surface area contributed by atoms with Crippen LogP contribution in [0.4, 0.5) is 18.9 Å². The molecule has 1 aliphatic rings. The van der Waals surface area contributed by atoms with Gasteiger partial charge in [0.25, 0.3) is 0 Å². The lowest BCUT2D eigenvalue weighted by molar-refractivity contribution is -0.137. The third kappa shape index (κ3) is 3.47. The van der Waals surface area contributed by atoms with Crippen LogP contribution in [0.3, 0.4) is 0 Å². The van der Waals surface area contributed by atoms with E-state index in [9.17, 15) is 18.3 Å². The lowest BCUT2D eigenvalue weighted by Gasteiger charge is -2.24. The van der Waals surface area contributed by atoms with Crippen molar-refractivity contribution in [2.75, 3.05) is 5.73 Å². The second kappa shape index (κ2) is 7.41. The van der Waals surface area contributed by atoms with Crippen LogP contribution in [-0.4, -0.2) is 10.1 Å². The van der Waals surface area contributed by atoms with E-state index in [2.05, 4.69) is 0 Å². The van der Waals surface area contributed by atoms with Gasteiger partial charge in [0.1, 0.15) is 5.75 Å². The maximum absolute atomic E-state index is 13.1. The number of pyridine rings is 1. The number of aromatic nitrogens is 1. The largest absolute Gasteiger partial charge is 0.507 e. The number of para-hydroxylation sites is 1. The van der Waals surface area contributed by atoms with E-state index in [1.807, 2.05) is 30.3 Å². The Hall–Kier alpha value is -3.80. The van der Waals surface area contributed by atoms with Crippen LogP contribution in [0.25, 0.3) is 33.6 Å². The van der Waals surface area contributed by atoms with Gasteiger partial charge in [-0.25, -0.2) is 4.98 Å². The number of halogens is 3. The predicted octanol–water partition coefficient (Wildman–Crippen LogP) is 6.49. The Kier molecular flexibility index (Phi) is 4.66. The van der Waals surface area contributed by atoms with E-state index in [0.717, 1.165) is 46.5 Å². The van der Waals surface area contributed by atoms with E-state index in [1.165, 1.54) is 12.1 Å². The molecule has 0 radical (unpaired) electrons. The van der Waals surface area contributed by atoms with Crippen LogP contribution in [0.1, 0.15) is 16.7 Å². The summed E-state index contributed by atoms with van der Waals surface area (Å²) in [6, 6.07) is 19.6. The molecule has 0 saturated carbocycles. The average molecular weight is 432 g/mol. The molecule has 3 aromatic carbocycles. The first-order chi connectivity index (χ1) is 15.3. The summed E-state index contributed by atoms with van der Waals surface area (Å²) in [5.41, 5.74) is 12.3. The van der Waals surface area contributed by atoms with Gasteiger partial charge in [0.15, 0.2) is 0 Å². The molecular weight excluding hydrogens is 413 g/mol. The summed E-state index contributed by atoms with van der Waals surface area (Å²) < 4.78 is 39.2. The van der Waals surface area contributed by atoms with Crippen molar-refractivity contribution in [3.05, 3.63) is 89.5 Å². The first-order valence-electron chi connectivity index (χ1n) is 10.2. The number of nitrogen functional groups attached to an aromatic ring is 1. The van der Waals surface area contributed by atoms with Crippen molar-refractivity contribution in [2.45, 2.75) is 19.0 Å². The molecule has 0 aliphatic heterocycles. The first kappa shape index (κ1) is 20.1. The Morgan fingerprint density at radius 2 is 1.56 bits per heavy atom. The molecule has 1 heterocycles. The number of aromatic hydroxyl groups is 1. The van der Waals surface area contributed by atoms with Gasteiger partial charge in [-0.1, -0.05) is 30.3 Å². The molecule has 4 aromatic rings. The van der Waals surface area contributed by atoms with Gasteiger partial charge < -0.3 is 10.8 Å². The van der Waals surface area contributed by atoms with Crippen LogP contribution in [-0.2, 0) is 19.0 Å². The standard InChI is InChI=1S/C26H19F3N2O/c27-26(28,29)17-8-5-15(6-9-17)22-14-23(21-3-1-2-4-24(21)32)31-25-19-12-10-18(30)13-16(19)7-11-20(22)25/h1-6,8-10,12-14,32H,7,11,30H2. The molecule has 0 amide bonds. The van der Waals surface area contributed by atoms with Crippen molar-refractivity contribution in [1.29, 1.82) is 0 Å². The van der Waals surface area contributed by atoms with Crippen molar-refractivity contribution in [3.8, 4) is 39.4 Å². The van der Waals surface area contributed by atoms with Gasteiger partial charge >= 0.3 is 6.18 Å². The second-order valence-corrected chi connectivity index (χ2v) is 7.89. The summed E-state index contributed by atoms with van der Waals surface area (Å²) in [6.45, 7) is 0. The van der Waals surface area contributed by atoms with Gasteiger partial charge in [0, 0.05) is 16.8 Å². The fourth-order valence-corrected chi connectivity index (χ4v) is 4.28. The van der Waals surface area contributed by atoms with Crippen molar-refractivity contribution >= 4 is 5.69 Å². The number of fused-ring (bicyclic) bond motifs is 3. The van der Waals surface area contributed by atoms with E-state index in [0.29, 0.717) is 28.9 Å². The number of phenols is 1. The molecule has 3 N–H and O–H groups in total. The summed E-state index contributed by atoms with van der Waals surface area (Å²) in [6.07, 6.45) is -2.94. The number of hydrogen-bond donors (Lipinski definition) is 2. The highest BCUT2D eigenvalue weighted by molar-refractivity contribution is 5.84. The lowest BCUT2D eigenvalue weighted by Crippen LogP contribution is -2.09. The van der Waals surface area contributed by atoms with E-state index in [4.69, 9.17) is 10.7 Å². The molecule has 0 bridgehead atoms. The van der Waals surface area contributed by atoms with Crippen LogP contribution >= 0.6 is 0 Å². The SMILES string of the molecule is Nc1ccc2c(c1)CCc1c(-c3ccc(C(F)(F)F)cc3)cc(-c3ccccc3O)nc1-2. The fraction of sp³-hybridized carbons (Fsp3) is 0.115. The Morgan fingerprint density at radius 3 is 2.28 bits per heavy atom. The topological polar surface area (TPSA) is 59.1 Å². The summed E-state index contributed by atoms with van der Waals surface area (Å²) in [7, 11) is 0. The van der Waals surface area contributed by atoms with E-state index < -0.39 is 11.7 Å². The summed E-state index contributed by atoms with van der Waals surface area (Å²) in [5.74, 6) is 0.0895. The third-order valence-corrected chi connectivity index (χ3v) is 5.86. The van der Waals surface area contributed by atoms with E-state index >= 15 is 0 Å². The zero-order chi connectivity index (χ0) is 22.5. The highest BCUT2D eigenvalue weighted by atomic mass is 19.4. The van der Waals surface area contributed by atoms with Crippen LogP contribution in [0.2, 0.25) is 0 Å². The summed E-state index contributed by atoms with van der Waals surface area (Å²) in [5, 5.41) is 10.4. The quantitative estimate of drug-likeness (QED) is 0.356. The molecule has 0 fully saturated rings. The zero-order valence-electron chi connectivity index (χ0n) is 16.9. The Balaban J connectivity index is 1.75. The number of benzene rings is 3. The Bertz CT molecular complexity index is 1330. The maximum Gasteiger partial charge on any atom is 0.416 e. The van der Waals surface area contributed by atoms with E-state index in [-0.39, 0.29) is 5.75 Å². The molecule has 32 heavy (non-hydrogen) atoms. The zero-order valence-corrected chi connectivity index (χ0v) is 16.9. The minimum Gasteiger partial charge on any atom is -0.507 e. The van der Waals surface area contributed by atoms with Crippen LogP contribution in [0.15, 0.2) is 72.8 Å². The van der Waals surface area contributed by atoms with Gasteiger partial charge in [0.05, 0.1) is 17.0 Å². The molecule has 0 atom stereocenters. The number of rotatable bonds is 2. The van der Waals surface area contributed by atoms with Crippen molar-refractivity contribution in [1.82, 2.24) is 4.98 Å². The maximum atomic E-state index is 13.1. The average Bonchev–Trinajstić information content (AvgIpc) is 2.78. The number of phenolic OH excluding ortho intramolecular Hbond substituents is 1. The molecule has 1 aromatic heterocycles. The number of nitrogens with two attached hydrogens (primary N) is 1. The Morgan fingerprint density at radius 1 is 0.812 bits per heavy atom. The molecular formula is C26H19F3N2O. The number of alkyl halides is 3. The number of hydrogen-bond acceptors (Lipinski definition) is 3. The highest BCUT2D eigenvalue weighted by Crippen LogP contribution is 2.42. The third-order valence-electron chi connectivity index (χ3n) is 5.86. The van der Waals surface area contributed by atoms with Gasteiger partial charge in [-0.05, 0) is 77.6 Å². The molecule has 5 rings (SSSR count). The van der Waals surface area contributed by atoms with Crippen molar-refractivity contribution in [2.24, 2.45) is 0 Å². The molecule has 6 heteroatoms. The highest BCUT2D eigenvalue weighted by Gasteiger charge is 2.30. The molecule has 0 spiro atoms. The molecule has 160 valence electrons. The minimum absolute atomic E-state index is 0.0895. The normalized spacial score (nSPS) is 12.8. The molecule has 3 nitrogen and oxygen atoms in total. The monoisotopic (exact) mass is 432 g/mol. The van der Waals surface area contributed by atoms with E-state index in [1.54, 1.807) is 18.2 Å². The van der Waals surface area contributed by atoms with Crippen LogP contribution < -0.4 is 5.73 Å². The minimum atomic E-state index is -4.39. The number of aryl methyl sites for hydroxylation is 1. The summed E-state index contributed by atoms with van der Waals surface area (Å²) in [4.78, 5) is 4.88. The number of anilines is 1. The lowest BCUT2D eigenvalue weighted by atomic mass is 9.84. The second-order valence-electron chi connectivity index (χ2n) is 7.89. The first-order valence-corrected chi connectivity index (χ1v) is 10.2. The van der Waals surface area contributed by atoms with Gasteiger partial charge in [-0.3, -0.25) is 0 Å². The van der Waals surface area contributed by atoms with Crippen molar-refractivity contribution in [3.63, 3.8) is 0 Å². The smallest absolute Gasteiger partial charge is 0.416 e. The molecule has 0 saturated heterocycles. The molecule has 1 aliphatic carbocycles. The van der Waals surface area contributed by atoms with Gasteiger partial charge in [0.2, 0.25) is 0 Å². The molecule has 0 unspecified atom stereocenters. The Labute approximate surface area is 183 Å². The van der Waals surface area contributed by atoms with Crippen LogP contribution in [0.5, 0.6) is 5.75 Å². The van der Waals surface area contributed by atoms with Gasteiger partial charge in [-0.15, -0.1) is 0 Å². The predicted molar refractivity (Wildman–Crippen MR) is 119 cm³/mol. The summed E-state index contributed by atoms with van der Waals surface area (Å²) >= 11 is 0. The number of nitrogens with zero attached hydrogens (tertiary/aromatic N) is 1. The fourth-order valence-electron chi connectivity index (χ4n) is 4.28. The van der Waals surface area contributed by atoms with Crippen molar-refractivity contribution < 1.29 is 18.3 Å².